The van der Waals surface area contributed by atoms with Crippen molar-refractivity contribution in [1.29, 1.82) is 0 Å². The van der Waals surface area contributed by atoms with Crippen molar-refractivity contribution in [2.24, 2.45) is 0 Å². The summed E-state index contributed by atoms with van der Waals surface area (Å²) in [4.78, 5) is 26.6. The third-order valence-corrected chi connectivity index (χ3v) is 5.31. The van der Waals surface area contributed by atoms with Gasteiger partial charge in [0.1, 0.15) is 0 Å². The predicted octanol–water partition coefficient (Wildman–Crippen LogP) is 2.81. The van der Waals surface area contributed by atoms with E-state index < -0.39 is 0 Å². The number of amides is 1. The average molecular weight is 366 g/mol. The fraction of sp³-hybridized carbons (Fsp3) is 0.438. The Labute approximate surface area is 150 Å². The summed E-state index contributed by atoms with van der Waals surface area (Å²) in [5.74, 6) is 0.546. The molecular formula is C16H20ClN5OS. The number of thiophene rings is 1. The summed E-state index contributed by atoms with van der Waals surface area (Å²) >= 11 is 7.14. The lowest BCUT2D eigenvalue weighted by molar-refractivity contribution is 0.103. The summed E-state index contributed by atoms with van der Waals surface area (Å²) < 4.78 is 0.593. The molecule has 1 amide bonds. The van der Waals surface area contributed by atoms with Gasteiger partial charge >= 0.3 is 0 Å². The van der Waals surface area contributed by atoms with Crippen molar-refractivity contribution in [2.45, 2.75) is 13.8 Å². The molecule has 1 aliphatic heterocycles. The monoisotopic (exact) mass is 365 g/mol. The standard InChI is InChI=1S/C16H20ClN5OS/c1-10-14(20-15(23)12-4-5-13(17)24-12)11(2)19-16(18-10)22-8-6-21(3)7-9-22/h4-5H,6-9H2,1-3H3,(H,20,23). The van der Waals surface area contributed by atoms with Crippen LogP contribution >= 0.6 is 22.9 Å². The summed E-state index contributed by atoms with van der Waals surface area (Å²) in [7, 11) is 2.12. The van der Waals surface area contributed by atoms with Crippen molar-refractivity contribution in [1.82, 2.24) is 14.9 Å². The second-order valence-electron chi connectivity index (χ2n) is 5.92. The molecule has 0 bridgehead atoms. The number of hydrogen-bond donors (Lipinski definition) is 1. The number of rotatable bonds is 3. The minimum absolute atomic E-state index is 0.186. The highest BCUT2D eigenvalue weighted by atomic mass is 35.5. The Balaban J connectivity index is 1.78. The molecule has 2 aromatic heterocycles. The molecule has 0 unspecified atom stereocenters. The van der Waals surface area contributed by atoms with Crippen molar-refractivity contribution in [3.05, 3.63) is 32.7 Å². The van der Waals surface area contributed by atoms with Crippen LogP contribution in [0, 0.1) is 13.8 Å². The second kappa shape index (κ2) is 7.04. The van der Waals surface area contributed by atoms with Gasteiger partial charge < -0.3 is 15.1 Å². The van der Waals surface area contributed by atoms with E-state index >= 15 is 0 Å². The number of nitrogens with one attached hydrogen (secondary N) is 1. The zero-order valence-corrected chi connectivity index (χ0v) is 15.5. The Morgan fingerprint density at radius 3 is 2.33 bits per heavy atom. The second-order valence-corrected chi connectivity index (χ2v) is 7.63. The molecule has 128 valence electrons. The van der Waals surface area contributed by atoms with Crippen LogP contribution in [0.4, 0.5) is 11.6 Å². The van der Waals surface area contributed by atoms with Gasteiger partial charge in [-0.05, 0) is 33.0 Å². The minimum atomic E-state index is -0.186. The molecule has 24 heavy (non-hydrogen) atoms. The Bertz CT molecular complexity index is 732. The van der Waals surface area contributed by atoms with E-state index in [0.29, 0.717) is 14.9 Å². The molecule has 2 aromatic rings. The lowest BCUT2D eigenvalue weighted by Crippen LogP contribution is -2.45. The molecule has 0 atom stereocenters. The Morgan fingerprint density at radius 1 is 1.17 bits per heavy atom. The third kappa shape index (κ3) is 3.68. The topological polar surface area (TPSA) is 61.4 Å². The van der Waals surface area contributed by atoms with Crippen LogP contribution in [0.15, 0.2) is 12.1 Å². The molecule has 6 nitrogen and oxygen atoms in total. The Kier molecular flexibility index (Phi) is 5.03. The number of carbonyl (C=O) groups is 1. The van der Waals surface area contributed by atoms with Crippen molar-refractivity contribution in [2.75, 3.05) is 43.4 Å². The van der Waals surface area contributed by atoms with Crippen molar-refractivity contribution in [3.63, 3.8) is 0 Å². The minimum Gasteiger partial charge on any atom is -0.338 e. The third-order valence-electron chi connectivity index (χ3n) is 4.08. The smallest absolute Gasteiger partial charge is 0.265 e. The number of piperazine rings is 1. The van der Waals surface area contributed by atoms with Crippen LogP contribution in [0.25, 0.3) is 0 Å². The summed E-state index contributed by atoms with van der Waals surface area (Å²) in [5, 5.41) is 2.91. The normalized spacial score (nSPS) is 15.6. The summed E-state index contributed by atoms with van der Waals surface area (Å²) in [6.45, 7) is 7.61. The fourth-order valence-corrected chi connectivity index (χ4v) is 3.58. The van der Waals surface area contributed by atoms with Crippen molar-refractivity contribution >= 4 is 40.5 Å². The summed E-state index contributed by atoms with van der Waals surface area (Å²) in [6, 6.07) is 3.43. The van der Waals surface area contributed by atoms with Gasteiger partial charge in [0.2, 0.25) is 5.95 Å². The van der Waals surface area contributed by atoms with E-state index in [4.69, 9.17) is 11.6 Å². The van der Waals surface area contributed by atoms with Gasteiger partial charge in [-0.3, -0.25) is 4.79 Å². The highest BCUT2D eigenvalue weighted by Crippen LogP contribution is 2.25. The number of halogens is 1. The van der Waals surface area contributed by atoms with Crippen LogP contribution in [0.5, 0.6) is 0 Å². The molecule has 0 spiro atoms. The number of anilines is 2. The van der Waals surface area contributed by atoms with Gasteiger partial charge in [-0.25, -0.2) is 9.97 Å². The SMILES string of the molecule is Cc1nc(N2CCN(C)CC2)nc(C)c1NC(=O)c1ccc(Cl)s1. The Hall–Kier alpha value is -1.70. The molecule has 1 saturated heterocycles. The summed E-state index contributed by atoms with van der Waals surface area (Å²) in [5.41, 5.74) is 2.21. The molecule has 1 aliphatic rings. The van der Waals surface area contributed by atoms with E-state index in [-0.39, 0.29) is 5.91 Å². The zero-order chi connectivity index (χ0) is 17.3. The molecule has 0 aliphatic carbocycles. The molecule has 3 heterocycles. The van der Waals surface area contributed by atoms with Crippen LogP contribution in [0.3, 0.4) is 0 Å². The quantitative estimate of drug-likeness (QED) is 0.906. The molecule has 0 radical (unpaired) electrons. The average Bonchev–Trinajstić information content (AvgIpc) is 2.98. The van der Waals surface area contributed by atoms with Crippen LogP contribution in [-0.2, 0) is 0 Å². The zero-order valence-electron chi connectivity index (χ0n) is 14.0. The number of carbonyl (C=O) groups excluding carboxylic acids is 1. The van der Waals surface area contributed by atoms with E-state index in [1.165, 1.54) is 11.3 Å². The van der Waals surface area contributed by atoms with Gasteiger partial charge in [0.15, 0.2) is 0 Å². The Morgan fingerprint density at radius 2 is 1.79 bits per heavy atom. The number of nitrogens with zero attached hydrogens (tertiary/aromatic N) is 4. The highest BCUT2D eigenvalue weighted by Gasteiger charge is 2.20. The number of likely N-dealkylation sites (N-methyl/N-ethyl adjacent to an activating group) is 1. The van der Waals surface area contributed by atoms with Gasteiger partial charge in [0, 0.05) is 26.2 Å². The molecule has 1 fully saturated rings. The van der Waals surface area contributed by atoms with E-state index in [9.17, 15) is 4.79 Å². The molecule has 0 saturated carbocycles. The van der Waals surface area contributed by atoms with Crippen LogP contribution < -0.4 is 10.2 Å². The van der Waals surface area contributed by atoms with E-state index in [0.717, 1.165) is 43.5 Å². The highest BCUT2D eigenvalue weighted by molar-refractivity contribution is 7.18. The molecular weight excluding hydrogens is 346 g/mol. The van der Waals surface area contributed by atoms with Crippen molar-refractivity contribution in [3.8, 4) is 0 Å². The lowest BCUT2D eigenvalue weighted by Gasteiger charge is -2.32. The van der Waals surface area contributed by atoms with Crippen LogP contribution in [0.1, 0.15) is 21.1 Å². The lowest BCUT2D eigenvalue weighted by atomic mass is 10.2. The van der Waals surface area contributed by atoms with Gasteiger partial charge in [-0.15, -0.1) is 11.3 Å². The largest absolute Gasteiger partial charge is 0.338 e. The molecule has 0 aromatic carbocycles. The van der Waals surface area contributed by atoms with Crippen molar-refractivity contribution < 1.29 is 4.79 Å². The van der Waals surface area contributed by atoms with Crippen LogP contribution in [0.2, 0.25) is 4.34 Å². The van der Waals surface area contributed by atoms with Gasteiger partial charge in [0.25, 0.3) is 5.91 Å². The fourth-order valence-electron chi connectivity index (χ4n) is 2.64. The number of aromatic nitrogens is 2. The number of aryl methyl sites for hydroxylation is 2. The molecule has 8 heteroatoms. The van der Waals surface area contributed by atoms with Gasteiger partial charge in [-0.2, -0.15) is 0 Å². The van der Waals surface area contributed by atoms with E-state index in [2.05, 4.69) is 32.1 Å². The maximum absolute atomic E-state index is 12.3. The van der Waals surface area contributed by atoms with Gasteiger partial charge in [0.05, 0.1) is 26.3 Å². The first kappa shape index (κ1) is 17.1. The molecule has 1 N–H and O–H groups in total. The first-order valence-electron chi connectivity index (χ1n) is 7.79. The summed E-state index contributed by atoms with van der Waals surface area (Å²) in [6.07, 6.45) is 0. The number of hydrogen-bond acceptors (Lipinski definition) is 6. The predicted molar refractivity (Wildman–Crippen MR) is 98.5 cm³/mol. The maximum atomic E-state index is 12.3. The van der Waals surface area contributed by atoms with E-state index in [1.807, 2.05) is 13.8 Å². The first-order chi connectivity index (χ1) is 11.4. The molecule has 3 rings (SSSR count). The first-order valence-corrected chi connectivity index (χ1v) is 8.99. The van der Waals surface area contributed by atoms with E-state index in [1.54, 1.807) is 12.1 Å². The van der Waals surface area contributed by atoms with Gasteiger partial charge in [-0.1, -0.05) is 11.6 Å². The van der Waals surface area contributed by atoms with Crippen LogP contribution in [-0.4, -0.2) is 54.0 Å². The maximum Gasteiger partial charge on any atom is 0.265 e.